The largest absolute Gasteiger partial charge is 0.462 e. The normalized spacial score (nSPS) is 17.4. The topological polar surface area (TPSA) is 97.3 Å². The number of rotatable bonds is 7. The second-order valence-electron chi connectivity index (χ2n) is 8.11. The average Bonchev–Trinajstić information content (AvgIpc) is 3.46. The van der Waals surface area contributed by atoms with Gasteiger partial charge in [0.25, 0.3) is 6.43 Å². The molecule has 178 valence electrons. The molecule has 1 amide bonds. The first-order chi connectivity index (χ1) is 15.8. The van der Waals surface area contributed by atoms with Gasteiger partial charge in [-0.15, -0.1) is 11.3 Å². The molecule has 2 aromatic rings. The smallest absolute Gasteiger partial charge is 0.341 e. The Kier molecular flexibility index (Phi) is 6.94. The molecule has 0 radical (unpaired) electrons. The fraction of sp³-hybridized carbons (Fsp3) is 0.524. The van der Waals surface area contributed by atoms with Crippen LogP contribution in [0.3, 0.4) is 0 Å². The number of fused-ring (bicyclic) bond motifs is 1. The molecule has 0 saturated heterocycles. The molecule has 4 rings (SSSR count). The van der Waals surface area contributed by atoms with Crippen LogP contribution in [-0.2, 0) is 29.4 Å². The van der Waals surface area contributed by atoms with E-state index in [-0.39, 0.29) is 35.3 Å². The highest BCUT2D eigenvalue weighted by Crippen LogP contribution is 2.40. The van der Waals surface area contributed by atoms with Gasteiger partial charge >= 0.3 is 5.97 Å². The Morgan fingerprint density at radius 3 is 2.73 bits per heavy atom. The van der Waals surface area contributed by atoms with Crippen molar-refractivity contribution in [2.24, 2.45) is 13.0 Å². The summed E-state index contributed by atoms with van der Waals surface area (Å²) in [7, 11) is 1.55. The van der Waals surface area contributed by atoms with Crippen LogP contribution in [0.5, 0.6) is 0 Å². The van der Waals surface area contributed by atoms with Crippen molar-refractivity contribution >= 4 is 51.4 Å². The third kappa shape index (κ3) is 5.32. The number of carbonyl (C=O) groups excluding carboxylic acids is 2. The van der Waals surface area contributed by atoms with E-state index in [0.717, 1.165) is 29.7 Å². The van der Waals surface area contributed by atoms with Crippen molar-refractivity contribution in [1.82, 2.24) is 15.1 Å². The van der Waals surface area contributed by atoms with E-state index in [1.807, 2.05) is 0 Å². The van der Waals surface area contributed by atoms with Gasteiger partial charge in [-0.1, -0.05) is 0 Å². The molecule has 2 aliphatic rings. The van der Waals surface area contributed by atoms with Crippen molar-refractivity contribution in [2.45, 2.75) is 51.5 Å². The Morgan fingerprint density at radius 1 is 1.33 bits per heavy atom. The summed E-state index contributed by atoms with van der Waals surface area (Å²) in [6.45, 7) is 1.98. The molecule has 1 unspecified atom stereocenters. The number of thiophene rings is 1. The lowest BCUT2D eigenvalue weighted by Gasteiger charge is -2.25. The number of hydrogen-bond donors (Lipinski definition) is 3. The summed E-state index contributed by atoms with van der Waals surface area (Å²) in [4.78, 5) is 26.1. The maximum atomic E-state index is 12.9. The number of alkyl halides is 2. The number of aryl methyl sites for hydroxylation is 2. The molecule has 2 heterocycles. The number of halogens is 2. The summed E-state index contributed by atoms with van der Waals surface area (Å²) in [5.74, 6) is -0.128. The molecule has 1 atom stereocenters. The quantitative estimate of drug-likeness (QED) is 0.396. The molecule has 1 saturated carbocycles. The van der Waals surface area contributed by atoms with E-state index < -0.39 is 12.4 Å². The fourth-order valence-corrected chi connectivity index (χ4v) is 5.33. The number of aromatic nitrogens is 2. The van der Waals surface area contributed by atoms with Crippen molar-refractivity contribution in [3.63, 3.8) is 0 Å². The molecule has 0 aliphatic heterocycles. The second kappa shape index (κ2) is 9.72. The van der Waals surface area contributed by atoms with E-state index >= 15 is 0 Å². The Labute approximate surface area is 199 Å². The molecular weight excluding hydrogens is 472 g/mol. The summed E-state index contributed by atoms with van der Waals surface area (Å²) in [5, 5.41) is 13.6. The predicted octanol–water partition coefficient (Wildman–Crippen LogP) is 3.79. The number of carbonyl (C=O) groups is 2. The number of nitrogens with zero attached hydrogens (tertiary/aromatic N) is 2. The number of nitrogens with one attached hydrogen (secondary N) is 3. The third-order valence-corrected chi connectivity index (χ3v) is 7.05. The molecule has 2 aliphatic carbocycles. The Hall–Kier alpha value is -2.60. The van der Waals surface area contributed by atoms with Crippen LogP contribution in [0, 0.1) is 5.92 Å². The SMILES string of the molecule is CCOC(=O)c1c(NC(=O)C2CC2)sc2c1CC(NC(=S)Nc1cc(C(F)F)nn1C)CC2. The van der Waals surface area contributed by atoms with Crippen molar-refractivity contribution in [2.75, 3.05) is 17.2 Å². The highest BCUT2D eigenvalue weighted by atomic mass is 32.1. The van der Waals surface area contributed by atoms with Gasteiger partial charge in [-0.05, 0) is 56.8 Å². The molecule has 8 nitrogen and oxygen atoms in total. The first kappa shape index (κ1) is 23.6. The van der Waals surface area contributed by atoms with Crippen LogP contribution >= 0.6 is 23.6 Å². The number of amides is 1. The molecular formula is C21H25F2N5O3S2. The van der Waals surface area contributed by atoms with Crippen molar-refractivity contribution in [3.05, 3.63) is 27.8 Å². The molecule has 12 heteroatoms. The van der Waals surface area contributed by atoms with E-state index in [1.165, 1.54) is 22.1 Å². The average molecular weight is 498 g/mol. The zero-order valence-corrected chi connectivity index (χ0v) is 19.9. The van der Waals surface area contributed by atoms with E-state index in [2.05, 4.69) is 21.0 Å². The molecule has 0 aromatic carbocycles. The Morgan fingerprint density at radius 2 is 2.09 bits per heavy atom. The summed E-state index contributed by atoms with van der Waals surface area (Å²) in [6.07, 6.45) is 1.08. The minimum absolute atomic E-state index is 0.0228. The van der Waals surface area contributed by atoms with Gasteiger partial charge < -0.3 is 20.7 Å². The van der Waals surface area contributed by atoms with Crippen LogP contribution < -0.4 is 16.0 Å². The number of ether oxygens (including phenoxy) is 1. The number of hydrogen-bond acceptors (Lipinski definition) is 6. The van der Waals surface area contributed by atoms with Gasteiger partial charge in [0.05, 0.1) is 12.2 Å². The molecule has 2 aromatic heterocycles. The minimum atomic E-state index is -2.67. The van der Waals surface area contributed by atoms with E-state index in [4.69, 9.17) is 17.0 Å². The number of anilines is 2. The maximum absolute atomic E-state index is 12.9. The third-order valence-electron chi connectivity index (χ3n) is 5.62. The monoisotopic (exact) mass is 497 g/mol. The first-order valence-electron chi connectivity index (χ1n) is 10.8. The molecule has 3 N–H and O–H groups in total. The van der Waals surface area contributed by atoms with Gasteiger partial charge in [-0.2, -0.15) is 5.10 Å². The predicted molar refractivity (Wildman–Crippen MR) is 125 cm³/mol. The van der Waals surface area contributed by atoms with Crippen LogP contribution in [0.2, 0.25) is 0 Å². The van der Waals surface area contributed by atoms with Crippen LogP contribution in [0.25, 0.3) is 0 Å². The Balaban J connectivity index is 1.47. The van der Waals surface area contributed by atoms with Gasteiger partial charge in [0.15, 0.2) is 5.11 Å². The van der Waals surface area contributed by atoms with Crippen LogP contribution in [-0.4, -0.2) is 39.4 Å². The Bertz CT molecular complexity index is 1080. The first-order valence-corrected chi connectivity index (χ1v) is 12.0. The highest BCUT2D eigenvalue weighted by molar-refractivity contribution is 7.80. The van der Waals surface area contributed by atoms with E-state index in [9.17, 15) is 18.4 Å². The summed E-state index contributed by atoms with van der Waals surface area (Å²) >= 11 is 6.81. The van der Waals surface area contributed by atoms with Gasteiger partial charge in [-0.25, -0.2) is 13.6 Å². The molecule has 1 fully saturated rings. The summed E-state index contributed by atoms with van der Waals surface area (Å²) in [5.41, 5.74) is 0.948. The van der Waals surface area contributed by atoms with Gasteiger partial charge in [0.2, 0.25) is 5.91 Å². The van der Waals surface area contributed by atoms with Crippen molar-refractivity contribution in [1.29, 1.82) is 0 Å². The molecule has 33 heavy (non-hydrogen) atoms. The highest BCUT2D eigenvalue weighted by Gasteiger charge is 2.34. The zero-order chi connectivity index (χ0) is 23.7. The van der Waals surface area contributed by atoms with Crippen molar-refractivity contribution < 1.29 is 23.1 Å². The van der Waals surface area contributed by atoms with Crippen LogP contribution in [0.15, 0.2) is 6.07 Å². The lowest BCUT2D eigenvalue weighted by Crippen LogP contribution is -2.41. The lowest BCUT2D eigenvalue weighted by atomic mass is 9.91. The van der Waals surface area contributed by atoms with Crippen LogP contribution in [0.1, 0.15) is 59.1 Å². The standard InChI is InChI=1S/C21H25F2N5O3S2/c1-3-31-20(30)16-12-8-11(6-7-14(12)33-19(16)26-18(29)10-4-5-10)24-21(32)25-15-9-13(17(22)23)27-28(15)2/h9-11,17H,3-8H2,1-2H3,(H,26,29)(H2,24,25,32). The van der Waals surface area contributed by atoms with E-state index in [0.29, 0.717) is 29.2 Å². The molecule has 0 bridgehead atoms. The number of esters is 1. The minimum Gasteiger partial charge on any atom is -0.462 e. The molecule has 0 spiro atoms. The van der Waals surface area contributed by atoms with Gasteiger partial charge in [0, 0.05) is 30.0 Å². The fourth-order valence-electron chi connectivity index (χ4n) is 3.82. The van der Waals surface area contributed by atoms with E-state index in [1.54, 1.807) is 14.0 Å². The zero-order valence-electron chi connectivity index (χ0n) is 18.2. The van der Waals surface area contributed by atoms with Crippen molar-refractivity contribution in [3.8, 4) is 0 Å². The second-order valence-corrected chi connectivity index (χ2v) is 9.62. The lowest BCUT2D eigenvalue weighted by molar-refractivity contribution is -0.117. The number of thiocarbonyl (C=S) groups is 1. The van der Waals surface area contributed by atoms with Crippen LogP contribution in [0.4, 0.5) is 19.6 Å². The summed E-state index contributed by atoms with van der Waals surface area (Å²) in [6, 6.07) is 1.18. The maximum Gasteiger partial charge on any atom is 0.341 e. The summed E-state index contributed by atoms with van der Waals surface area (Å²) < 4.78 is 32.3. The van der Waals surface area contributed by atoms with Gasteiger partial charge in [0.1, 0.15) is 16.5 Å². The van der Waals surface area contributed by atoms with Gasteiger partial charge in [-0.3, -0.25) is 9.48 Å².